The van der Waals surface area contributed by atoms with E-state index < -0.39 is 35.4 Å². The Morgan fingerprint density at radius 2 is 1.39 bits per heavy atom. The molecule has 33 heavy (non-hydrogen) atoms. The highest BCUT2D eigenvalue weighted by Gasteiger charge is 2.49. The molecule has 9 heteroatoms. The summed E-state index contributed by atoms with van der Waals surface area (Å²) in [4.78, 5) is 13.4. The highest BCUT2D eigenvalue weighted by atomic mass is 19.4. The van der Waals surface area contributed by atoms with Crippen LogP contribution in [0.4, 0.5) is 26.3 Å². The van der Waals surface area contributed by atoms with Gasteiger partial charge in [0.1, 0.15) is 0 Å². The number of piperidine rings is 1. The van der Waals surface area contributed by atoms with E-state index in [4.69, 9.17) is 0 Å². The van der Waals surface area contributed by atoms with Crippen LogP contribution in [0.1, 0.15) is 41.0 Å². The van der Waals surface area contributed by atoms with Crippen molar-refractivity contribution in [1.82, 2.24) is 4.90 Å². The van der Waals surface area contributed by atoms with Gasteiger partial charge in [-0.25, -0.2) is 0 Å². The lowest BCUT2D eigenvalue weighted by Gasteiger charge is -2.38. The van der Waals surface area contributed by atoms with Gasteiger partial charge in [-0.1, -0.05) is 24.3 Å². The van der Waals surface area contributed by atoms with Crippen LogP contribution >= 0.6 is 0 Å². The number of aliphatic carboxylic acids is 1. The van der Waals surface area contributed by atoms with Gasteiger partial charge in [0.05, 0.1) is 17.0 Å². The number of likely N-dealkylation sites (tertiary alicyclic amines) is 1. The number of alkyl halides is 6. The molecule has 0 radical (unpaired) electrons. The molecule has 1 saturated carbocycles. The first-order chi connectivity index (χ1) is 15.4. The van der Waals surface area contributed by atoms with Gasteiger partial charge >= 0.3 is 18.3 Å². The highest BCUT2D eigenvalue weighted by Crippen LogP contribution is 2.49. The van der Waals surface area contributed by atoms with Crippen LogP contribution < -0.4 is 0 Å². The molecule has 0 aromatic heterocycles. The first kappa shape index (κ1) is 23.6. The first-order valence-electron chi connectivity index (χ1n) is 10.7. The molecule has 1 aliphatic carbocycles. The van der Waals surface area contributed by atoms with E-state index in [0.717, 1.165) is 29.8 Å². The molecule has 4 rings (SSSR count). The van der Waals surface area contributed by atoms with Crippen molar-refractivity contribution >= 4 is 5.97 Å². The van der Waals surface area contributed by atoms with Gasteiger partial charge in [0.15, 0.2) is 0 Å². The molecule has 4 atom stereocenters. The average Bonchev–Trinajstić information content (AvgIpc) is 3.54. The number of hydrogen-bond donors (Lipinski definition) is 1. The molecule has 1 heterocycles. The van der Waals surface area contributed by atoms with E-state index in [0.29, 0.717) is 38.0 Å². The van der Waals surface area contributed by atoms with Crippen LogP contribution in [-0.4, -0.2) is 29.1 Å². The Morgan fingerprint density at radius 1 is 0.848 bits per heavy atom. The van der Waals surface area contributed by atoms with Crippen molar-refractivity contribution < 1.29 is 36.2 Å². The second-order valence-corrected chi connectivity index (χ2v) is 9.05. The maximum Gasteiger partial charge on any atom is 0.416 e. The van der Waals surface area contributed by atoms with Gasteiger partial charge in [-0.15, -0.1) is 0 Å². The fraction of sp³-hybridized carbons (Fsp3) is 0.458. The summed E-state index contributed by atoms with van der Waals surface area (Å²) in [7, 11) is 0. The lowest BCUT2D eigenvalue weighted by Crippen LogP contribution is -2.40. The van der Waals surface area contributed by atoms with E-state index in [1.807, 2.05) is 0 Å². The standard InChI is InChI=1S/C24H23F6NO2/c25-23(26,27)18-5-1-14(2-6-18)11-31-12-16(9-17(13-31)20-10-21(20)22(32)33)15-3-7-19(8-4-15)24(28,29)30/h1-8,16-17,20-21H,9-13H2,(H,32,33)/t16-,17-,20+,21?/m0/s1. The van der Waals surface area contributed by atoms with Crippen molar-refractivity contribution in [3.05, 3.63) is 70.8 Å². The Bertz CT molecular complexity index is 984. The summed E-state index contributed by atoms with van der Waals surface area (Å²) in [5.74, 6) is -1.27. The van der Waals surface area contributed by atoms with E-state index in [1.165, 1.54) is 24.3 Å². The largest absolute Gasteiger partial charge is 0.481 e. The van der Waals surface area contributed by atoms with Crippen molar-refractivity contribution in [2.45, 2.75) is 37.7 Å². The minimum atomic E-state index is -4.43. The molecule has 0 amide bonds. The van der Waals surface area contributed by atoms with Crippen LogP contribution in [0.2, 0.25) is 0 Å². The zero-order chi connectivity index (χ0) is 24.0. The van der Waals surface area contributed by atoms with E-state index in [1.54, 1.807) is 0 Å². The van der Waals surface area contributed by atoms with Gasteiger partial charge < -0.3 is 5.11 Å². The Balaban J connectivity index is 1.52. The number of carbonyl (C=O) groups is 1. The Labute approximate surface area is 187 Å². The number of carboxylic acids is 1. The summed E-state index contributed by atoms with van der Waals surface area (Å²) in [5.41, 5.74) is -0.0147. The molecule has 3 nitrogen and oxygen atoms in total. The highest BCUT2D eigenvalue weighted by molar-refractivity contribution is 5.73. The van der Waals surface area contributed by atoms with Gasteiger partial charge in [0.2, 0.25) is 0 Å². The smallest absolute Gasteiger partial charge is 0.416 e. The molecule has 2 aromatic rings. The topological polar surface area (TPSA) is 40.5 Å². The van der Waals surface area contributed by atoms with E-state index in [9.17, 15) is 36.2 Å². The fourth-order valence-electron chi connectivity index (χ4n) is 4.93. The van der Waals surface area contributed by atoms with Crippen LogP contribution in [0.3, 0.4) is 0 Å². The molecule has 2 aliphatic rings. The SMILES string of the molecule is O=C(O)C1C[C@@H]1[C@H]1C[C@H](c2ccc(C(F)(F)F)cc2)CN(Cc2ccc(C(F)(F)F)cc2)C1. The molecule has 0 spiro atoms. The number of benzene rings is 2. The van der Waals surface area contributed by atoms with Crippen LogP contribution in [0, 0.1) is 17.8 Å². The summed E-state index contributed by atoms with van der Waals surface area (Å²) < 4.78 is 77.3. The van der Waals surface area contributed by atoms with Gasteiger partial charge in [0.25, 0.3) is 0 Å². The van der Waals surface area contributed by atoms with Gasteiger partial charge in [-0.2, -0.15) is 26.3 Å². The molecule has 2 fully saturated rings. The predicted octanol–water partition coefficient (Wildman–Crippen LogP) is 6.05. The van der Waals surface area contributed by atoms with Gasteiger partial charge in [0, 0.05) is 19.6 Å². The third kappa shape index (κ3) is 5.51. The molecule has 1 saturated heterocycles. The molecule has 0 bridgehead atoms. The zero-order valence-corrected chi connectivity index (χ0v) is 17.5. The third-order valence-corrected chi connectivity index (χ3v) is 6.72. The van der Waals surface area contributed by atoms with Crippen molar-refractivity contribution in [2.75, 3.05) is 13.1 Å². The molecule has 178 valence electrons. The molecular formula is C24H23F6NO2. The van der Waals surface area contributed by atoms with Crippen LogP contribution in [0.5, 0.6) is 0 Å². The lowest BCUT2D eigenvalue weighted by molar-refractivity contribution is -0.139. The summed E-state index contributed by atoms with van der Waals surface area (Å²) >= 11 is 0. The number of halogens is 6. The van der Waals surface area contributed by atoms with E-state index >= 15 is 0 Å². The molecule has 1 N–H and O–H groups in total. The van der Waals surface area contributed by atoms with Crippen molar-refractivity contribution in [3.63, 3.8) is 0 Å². The number of rotatable bonds is 5. The van der Waals surface area contributed by atoms with E-state index in [2.05, 4.69) is 4.90 Å². The zero-order valence-electron chi connectivity index (χ0n) is 17.5. The first-order valence-corrected chi connectivity index (χ1v) is 10.7. The summed E-state index contributed by atoms with van der Waals surface area (Å²) in [6.07, 6.45) is -7.59. The maximum atomic E-state index is 12.9. The van der Waals surface area contributed by atoms with E-state index in [-0.39, 0.29) is 17.8 Å². The normalized spacial score (nSPS) is 26.2. The molecule has 1 unspecified atom stereocenters. The van der Waals surface area contributed by atoms with Crippen molar-refractivity contribution in [3.8, 4) is 0 Å². The minimum Gasteiger partial charge on any atom is -0.481 e. The Morgan fingerprint density at radius 3 is 1.88 bits per heavy atom. The van der Waals surface area contributed by atoms with Crippen LogP contribution in [0.25, 0.3) is 0 Å². The van der Waals surface area contributed by atoms with Gasteiger partial charge in [-0.05, 0) is 66.0 Å². The maximum absolute atomic E-state index is 12.9. The molecule has 1 aliphatic heterocycles. The third-order valence-electron chi connectivity index (χ3n) is 6.72. The second kappa shape index (κ2) is 8.66. The van der Waals surface area contributed by atoms with Crippen LogP contribution in [0.15, 0.2) is 48.5 Å². The average molecular weight is 471 g/mol. The summed E-state index contributed by atoms with van der Waals surface area (Å²) in [6, 6.07) is 9.96. The van der Waals surface area contributed by atoms with Crippen molar-refractivity contribution in [1.29, 1.82) is 0 Å². The van der Waals surface area contributed by atoms with Crippen molar-refractivity contribution in [2.24, 2.45) is 17.8 Å². The number of nitrogens with zero attached hydrogens (tertiary/aromatic N) is 1. The van der Waals surface area contributed by atoms with Gasteiger partial charge in [-0.3, -0.25) is 9.69 Å². The summed E-state index contributed by atoms with van der Waals surface area (Å²) in [6.45, 7) is 1.52. The lowest BCUT2D eigenvalue weighted by atomic mass is 9.81. The predicted molar refractivity (Wildman–Crippen MR) is 108 cm³/mol. The quantitative estimate of drug-likeness (QED) is 0.540. The Kier molecular flexibility index (Phi) is 6.20. The van der Waals surface area contributed by atoms with Crippen LogP contribution in [-0.2, 0) is 23.7 Å². The second-order valence-electron chi connectivity index (χ2n) is 9.05. The summed E-state index contributed by atoms with van der Waals surface area (Å²) in [5, 5.41) is 9.32. The molecule has 2 aromatic carbocycles. The Hall–Kier alpha value is -2.55. The molecular weight excluding hydrogens is 448 g/mol. The number of carboxylic acid groups (broad SMARTS) is 1. The monoisotopic (exact) mass is 471 g/mol. The minimum absolute atomic E-state index is 0.00912. The number of hydrogen-bond acceptors (Lipinski definition) is 2. The fourth-order valence-corrected chi connectivity index (χ4v) is 4.93.